The first-order valence-corrected chi connectivity index (χ1v) is 6.00. The van der Waals surface area contributed by atoms with E-state index in [2.05, 4.69) is 9.97 Å². The highest BCUT2D eigenvalue weighted by atomic mass is 16.3. The van der Waals surface area contributed by atoms with Gasteiger partial charge in [-0.2, -0.15) is 5.26 Å². The molecule has 0 aliphatic heterocycles. The Morgan fingerprint density at radius 1 is 1.37 bits per heavy atom. The fraction of sp³-hybridized carbons (Fsp3) is 0.286. The SMILES string of the molecule is CC(C#N)C(O)c1nc(-c2ccccc2)[nH]c1CO. The number of nitriles is 1. The first kappa shape index (κ1) is 13.3. The van der Waals surface area contributed by atoms with Gasteiger partial charge in [0.15, 0.2) is 0 Å². The molecule has 0 fully saturated rings. The molecule has 5 heteroatoms. The summed E-state index contributed by atoms with van der Waals surface area (Å²) < 4.78 is 0. The highest BCUT2D eigenvalue weighted by Crippen LogP contribution is 2.26. The van der Waals surface area contributed by atoms with Gasteiger partial charge < -0.3 is 15.2 Å². The van der Waals surface area contributed by atoms with Crippen molar-refractivity contribution in [2.45, 2.75) is 19.6 Å². The molecule has 0 radical (unpaired) electrons. The van der Waals surface area contributed by atoms with Crippen LogP contribution in [0.3, 0.4) is 0 Å². The highest BCUT2D eigenvalue weighted by molar-refractivity contribution is 5.55. The lowest BCUT2D eigenvalue weighted by atomic mass is 10.0. The maximum absolute atomic E-state index is 10.0. The molecule has 0 saturated heterocycles. The van der Waals surface area contributed by atoms with Crippen LogP contribution < -0.4 is 0 Å². The van der Waals surface area contributed by atoms with E-state index in [1.54, 1.807) is 6.92 Å². The molecule has 0 amide bonds. The summed E-state index contributed by atoms with van der Waals surface area (Å²) in [6, 6.07) is 11.4. The van der Waals surface area contributed by atoms with E-state index in [-0.39, 0.29) is 6.61 Å². The van der Waals surface area contributed by atoms with Crippen LogP contribution in [-0.4, -0.2) is 20.2 Å². The molecule has 1 heterocycles. The van der Waals surface area contributed by atoms with E-state index in [1.165, 1.54) is 0 Å². The van der Waals surface area contributed by atoms with Crippen molar-refractivity contribution in [3.63, 3.8) is 0 Å². The number of nitrogens with one attached hydrogen (secondary N) is 1. The van der Waals surface area contributed by atoms with Gasteiger partial charge in [-0.05, 0) is 6.92 Å². The molecule has 2 unspecified atom stereocenters. The summed E-state index contributed by atoms with van der Waals surface area (Å²) in [5.41, 5.74) is 1.63. The average Bonchev–Trinajstić information content (AvgIpc) is 2.90. The number of hydrogen-bond donors (Lipinski definition) is 3. The molecule has 2 aromatic rings. The van der Waals surface area contributed by atoms with Gasteiger partial charge in [-0.25, -0.2) is 4.98 Å². The quantitative estimate of drug-likeness (QED) is 0.778. The van der Waals surface area contributed by atoms with Crippen molar-refractivity contribution in [3.05, 3.63) is 41.7 Å². The van der Waals surface area contributed by atoms with Crippen LogP contribution in [0.15, 0.2) is 30.3 Å². The normalized spacial score (nSPS) is 13.8. The number of imidazole rings is 1. The Morgan fingerprint density at radius 2 is 2.05 bits per heavy atom. The lowest BCUT2D eigenvalue weighted by Crippen LogP contribution is -2.10. The van der Waals surface area contributed by atoms with E-state index < -0.39 is 12.0 Å². The van der Waals surface area contributed by atoms with E-state index in [9.17, 15) is 10.2 Å². The summed E-state index contributed by atoms with van der Waals surface area (Å²) in [4.78, 5) is 7.28. The summed E-state index contributed by atoms with van der Waals surface area (Å²) in [5, 5.41) is 28.2. The van der Waals surface area contributed by atoms with Crippen molar-refractivity contribution in [2.24, 2.45) is 5.92 Å². The van der Waals surface area contributed by atoms with Gasteiger partial charge in [-0.15, -0.1) is 0 Å². The Balaban J connectivity index is 2.41. The van der Waals surface area contributed by atoms with E-state index in [1.807, 2.05) is 36.4 Å². The smallest absolute Gasteiger partial charge is 0.138 e. The maximum atomic E-state index is 10.0. The minimum absolute atomic E-state index is 0.260. The molecule has 0 bridgehead atoms. The zero-order valence-electron chi connectivity index (χ0n) is 10.5. The Hall–Kier alpha value is -2.16. The topological polar surface area (TPSA) is 92.9 Å². The van der Waals surface area contributed by atoms with Crippen molar-refractivity contribution in [2.75, 3.05) is 0 Å². The van der Waals surface area contributed by atoms with Gasteiger partial charge in [-0.3, -0.25) is 0 Å². The van der Waals surface area contributed by atoms with Crippen LogP contribution >= 0.6 is 0 Å². The molecule has 0 spiro atoms. The first-order valence-electron chi connectivity index (χ1n) is 6.00. The number of benzene rings is 1. The van der Waals surface area contributed by atoms with Crippen LogP contribution in [0.25, 0.3) is 11.4 Å². The molecular formula is C14H15N3O2. The zero-order chi connectivity index (χ0) is 13.8. The fourth-order valence-corrected chi connectivity index (χ4v) is 1.83. The van der Waals surface area contributed by atoms with Crippen molar-refractivity contribution >= 4 is 0 Å². The number of aliphatic hydroxyl groups is 2. The molecule has 0 saturated carbocycles. The number of rotatable bonds is 4. The van der Waals surface area contributed by atoms with Crippen molar-refractivity contribution in [3.8, 4) is 17.5 Å². The van der Waals surface area contributed by atoms with Gasteiger partial charge in [0.25, 0.3) is 0 Å². The minimum atomic E-state index is -1.01. The maximum Gasteiger partial charge on any atom is 0.138 e. The number of aromatic nitrogens is 2. The molecule has 0 aliphatic carbocycles. The predicted octanol–water partition coefficient (Wildman–Crippen LogP) is 1.76. The first-order chi connectivity index (χ1) is 9.17. The van der Waals surface area contributed by atoms with Crippen LogP contribution in [0.4, 0.5) is 0 Å². The molecule has 3 N–H and O–H groups in total. The molecule has 2 atom stereocenters. The fourth-order valence-electron chi connectivity index (χ4n) is 1.83. The molecular weight excluding hydrogens is 242 g/mol. The highest BCUT2D eigenvalue weighted by Gasteiger charge is 2.23. The molecule has 1 aromatic carbocycles. The molecule has 5 nitrogen and oxygen atoms in total. The van der Waals surface area contributed by atoms with Crippen molar-refractivity contribution in [1.82, 2.24) is 9.97 Å². The van der Waals surface area contributed by atoms with Gasteiger partial charge >= 0.3 is 0 Å². The van der Waals surface area contributed by atoms with Crippen LogP contribution in [0.2, 0.25) is 0 Å². The van der Waals surface area contributed by atoms with E-state index in [0.29, 0.717) is 17.2 Å². The van der Waals surface area contributed by atoms with Crippen LogP contribution in [-0.2, 0) is 6.61 Å². The Labute approximate surface area is 111 Å². The number of aliphatic hydroxyl groups excluding tert-OH is 2. The molecule has 1 aromatic heterocycles. The second kappa shape index (κ2) is 5.65. The largest absolute Gasteiger partial charge is 0.390 e. The van der Waals surface area contributed by atoms with E-state index >= 15 is 0 Å². The molecule has 2 rings (SSSR count). The summed E-state index contributed by atoms with van der Waals surface area (Å²) in [6.45, 7) is 1.35. The van der Waals surface area contributed by atoms with Crippen LogP contribution in [0.1, 0.15) is 24.4 Å². The summed E-state index contributed by atoms with van der Waals surface area (Å²) in [5.74, 6) is -0.0129. The summed E-state index contributed by atoms with van der Waals surface area (Å²) in [7, 11) is 0. The van der Waals surface area contributed by atoms with Gasteiger partial charge in [0.2, 0.25) is 0 Å². The number of hydrogen-bond acceptors (Lipinski definition) is 4. The second-order valence-corrected chi connectivity index (χ2v) is 4.34. The van der Waals surface area contributed by atoms with Gasteiger partial charge in [-0.1, -0.05) is 30.3 Å². The number of nitrogens with zero attached hydrogens (tertiary/aromatic N) is 2. The lowest BCUT2D eigenvalue weighted by molar-refractivity contribution is 0.135. The summed E-state index contributed by atoms with van der Waals surface area (Å²) >= 11 is 0. The van der Waals surface area contributed by atoms with E-state index in [0.717, 1.165) is 5.56 Å². The lowest BCUT2D eigenvalue weighted by Gasteiger charge is -2.10. The molecule has 0 aliphatic rings. The molecule has 98 valence electrons. The Kier molecular flexibility index (Phi) is 3.95. The molecule has 19 heavy (non-hydrogen) atoms. The Bertz CT molecular complexity index is 586. The monoisotopic (exact) mass is 257 g/mol. The minimum Gasteiger partial charge on any atom is -0.390 e. The van der Waals surface area contributed by atoms with Gasteiger partial charge in [0.1, 0.15) is 11.9 Å². The van der Waals surface area contributed by atoms with Gasteiger partial charge in [0.05, 0.1) is 30.0 Å². The predicted molar refractivity (Wildman–Crippen MR) is 69.7 cm³/mol. The standard InChI is InChI=1S/C14H15N3O2/c1-9(7-15)13(19)12-11(8-18)16-14(17-12)10-5-3-2-4-6-10/h2-6,9,13,18-19H,8H2,1H3,(H,16,17). The Morgan fingerprint density at radius 3 is 2.63 bits per heavy atom. The van der Waals surface area contributed by atoms with Crippen LogP contribution in [0.5, 0.6) is 0 Å². The summed E-state index contributed by atoms with van der Waals surface area (Å²) in [6.07, 6.45) is -1.01. The van der Waals surface area contributed by atoms with E-state index in [4.69, 9.17) is 5.26 Å². The third-order valence-electron chi connectivity index (χ3n) is 2.97. The average molecular weight is 257 g/mol. The number of H-pyrrole nitrogens is 1. The third-order valence-corrected chi connectivity index (χ3v) is 2.97. The van der Waals surface area contributed by atoms with Crippen LogP contribution in [0, 0.1) is 17.2 Å². The third kappa shape index (κ3) is 2.65. The second-order valence-electron chi connectivity index (χ2n) is 4.34. The van der Waals surface area contributed by atoms with Crippen molar-refractivity contribution < 1.29 is 10.2 Å². The number of aromatic amines is 1. The van der Waals surface area contributed by atoms with Gasteiger partial charge in [0, 0.05) is 5.56 Å². The zero-order valence-corrected chi connectivity index (χ0v) is 10.5. The van der Waals surface area contributed by atoms with Crippen molar-refractivity contribution in [1.29, 1.82) is 5.26 Å².